The van der Waals surface area contributed by atoms with Crippen molar-refractivity contribution in [3.63, 3.8) is 0 Å². The molecule has 0 aliphatic carbocycles. The van der Waals surface area contributed by atoms with Gasteiger partial charge in [0.1, 0.15) is 36.2 Å². The maximum atomic E-state index is 13.8. The van der Waals surface area contributed by atoms with Crippen LogP contribution in [0.2, 0.25) is 0 Å². The van der Waals surface area contributed by atoms with E-state index in [2.05, 4.69) is 20.6 Å². The second-order valence-electron chi connectivity index (χ2n) is 4.96. The lowest BCUT2D eigenvalue weighted by Gasteiger charge is -2.15. The highest BCUT2D eigenvalue weighted by atomic mass is 19.4. The minimum absolute atomic E-state index is 0.0679. The van der Waals surface area contributed by atoms with Crippen LogP contribution in [-0.2, 0) is 6.18 Å². The van der Waals surface area contributed by atoms with Crippen molar-refractivity contribution in [2.75, 3.05) is 31.0 Å². The maximum absolute atomic E-state index is 13.8. The zero-order chi connectivity index (χ0) is 18.6. The zero-order valence-electron chi connectivity index (χ0n) is 13.3. The molecule has 0 bridgehead atoms. The van der Waals surface area contributed by atoms with Gasteiger partial charge in [-0.25, -0.2) is 13.8 Å². The summed E-state index contributed by atoms with van der Waals surface area (Å²) in [6, 6.07) is 2.42. The van der Waals surface area contributed by atoms with E-state index in [1.165, 1.54) is 20.0 Å². The number of aryl methyl sites for hydroxylation is 1. The van der Waals surface area contributed by atoms with Crippen LogP contribution in [-0.4, -0.2) is 30.3 Å². The third-order valence-electron chi connectivity index (χ3n) is 3.17. The fourth-order valence-corrected chi connectivity index (χ4v) is 1.98. The summed E-state index contributed by atoms with van der Waals surface area (Å²) in [5.41, 5.74) is -0.702. The van der Waals surface area contributed by atoms with Crippen LogP contribution < -0.4 is 15.4 Å². The molecule has 0 fully saturated rings. The van der Waals surface area contributed by atoms with E-state index in [0.29, 0.717) is 6.20 Å². The molecule has 0 aliphatic rings. The number of nitrogens with one attached hydrogen (secondary N) is 2. The Hall–Kier alpha value is -2.65. The van der Waals surface area contributed by atoms with Gasteiger partial charge in [0.2, 0.25) is 5.95 Å². The molecule has 1 aromatic heterocycles. The Bertz CT molecular complexity index is 751. The minimum atomic E-state index is -4.62. The van der Waals surface area contributed by atoms with E-state index in [9.17, 15) is 22.0 Å². The molecule has 1 heterocycles. The lowest BCUT2D eigenvalue weighted by atomic mass is 10.2. The Balaban J connectivity index is 2.37. The van der Waals surface area contributed by atoms with Crippen LogP contribution in [0.25, 0.3) is 0 Å². The lowest BCUT2D eigenvalue weighted by Crippen LogP contribution is -2.13. The van der Waals surface area contributed by atoms with Crippen molar-refractivity contribution in [2.45, 2.75) is 13.1 Å². The van der Waals surface area contributed by atoms with E-state index in [0.717, 1.165) is 6.07 Å². The van der Waals surface area contributed by atoms with Gasteiger partial charge in [-0.15, -0.1) is 0 Å². The smallest absolute Gasteiger partial charge is 0.421 e. The van der Waals surface area contributed by atoms with Crippen LogP contribution in [0.5, 0.6) is 5.75 Å². The zero-order valence-corrected chi connectivity index (χ0v) is 13.3. The van der Waals surface area contributed by atoms with Gasteiger partial charge in [0.05, 0.1) is 5.69 Å². The van der Waals surface area contributed by atoms with Crippen molar-refractivity contribution in [1.82, 2.24) is 9.97 Å². The highest BCUT2D eigenvalue weighted by Gasteiger charge is 2.35. The third kappa shape index (κ3) is 4.46. The molecule has 2 N–H and O–H groups in total. The summed E-state index contributed by atoms with van der Waals surface area (Å²) in [4.78, 5) is 7.31. The van der Waals surface area contributed by atoms with Gasteiger partial charge >= 0.3 is 6.18 Å². The van der Waals surface area contributed by atoms with Gasteiger partial charge in [-0.05, 0) is 18.6 Å². The molecule has 5 nitrogen and oxygen atoms in total. The molecular weight excluding hydrogens is 347 g/mol. The van der Waals surface area contributed by atoms with Crippen molar-refractivity contribution >= 4 is 17.5 Å². The average Bonchev–Trinajstić information content (AvgIpc) is 2.55. The molecule has 2 aromatic rings. The van der Waals surface area contributed by atoms with Gasteiger partial charge in [0.25, 0.3) is 0 Å². The number of ether oxygens (including phenoxy) is 1. The molecule has 25 heavy (non-hydrogen) atoms. The van der Waals surface area contributed by atoms with E-state index in [4.69, 9.17) is 4.74 Å². The quantitative estimate of drug-likeness (QED) is 0.759. The summed E-state index contributed by atoms with van der Waals surface area (Å²) >= 11 is 0. The molecule has 0 saturated heterocycles. The van der Waals surface area contributed by atoms with E-state index in [1.807, 2.05) is 0 Å². The van der Waals surface area contributed by atoms with Crippen molar-refractivity contribution in [2.24, 2.45) is 0 Å². The summed E-state index contributed by atoms with van der Waals surface area (Å²) in [7, 11) is 1.28. The Kier molecular flexibility index (Phi) is 5.60. The first-order valence-corrected chi connectivity index (χ1v) is 7.14. The number of nitrogens with zero attached hydrogens (tertiary/aromatic N) is 2. The van der Waals surface area contributed by atoms with Gasteiger partial charge in [-0.2, -0.15) is 18.2 Å². The van der Waals surface area contributed by atoms with Crippen LogP contribution in [0.3, 0.4) is 0 Å². The second-order valence-corrected chi connectivity index (χ2v) is 4.96. The number of aromatic nitrogens is 2. The fourth-order valence-electron chi connectivity index (χ4n) is 1.98. The van der Waals surface area contributed by atoms with E-state index >= 15 is 0 Å². The number of alkyl halides is 4. The summed E-state index contributed by atoms with van der Waals surface area (Å²) in [6.45, 7) is 0.487. The third-order valence-corrected chi connectivity index (χ3v) is 3.17. The Morgan fingerprint density at radius 1 is 1.24 bits per heavy atom. The summed E-state index contributed by atoms with van der Waals surface area (Å²) in [6.07, 6.45) is -4.02. The number of hydrogen-bond acceptors (Lipinski definition) is 5. The van der Waals surface area contributed by atoms with E-state index in [-0.39, 0.29) is 29.6 Å². The Labute approximate surface area is 140 Å². The monoisotopic (exact) mass is 362 g/mol. The number of hydrogen-bond donors (Lipinski definition) is 2. The average molecular weight is 362 g/mol. The fraction of sp³-hybridized carbons (Fsp3) is 0.333. The number of halogens is 5. The Morgan fingerprint density at radius 3 is 2.56 bits per heavy atom. The number of anilines is 3. The van der Waals surface area contributed by atoms with Crippen LogP contribution in [0, 0.1) is 12.7 Å². The summed E-state index contributed by atoms with van der Waals surface area (Å²) in [5, 5.41) is 4.92. The first-order chi connectivity index (χ1) is 11.8. The van der Waals surface area contributed by atoms with E-state index in [1.54, 1.807) is 0 Å². The van der Waals surface area contributed by atoms with Crippen molar-refractivity contribution in [3.8, 4) is 5.75 Å². The van der Waals surface area contributed by atoms with Gasteiger partial charge in [-0.3, -0.25) is 0 Å². The molecule has 0 radical (unpaired) electrons. The highest BCUT2D eigenvalue weighted by Crippen LogP contribution is 2.35. The molecule has 1 aromatic carbocycles. The predicted molar refractivity (Wildman–Crippen MR) is 82.5 cm³/mol. The van der Waals surface area contributed by atoms with Crippen molar-refractivity contribution in [3.05, 3.63) is 35.3 Å². The predicted octanol–water partition coefficient (Wildman–Crippen LogP) is 4.08. The minimum Gasteiger partial charge on any atom is -0.489 e. The largest absolute Gasteiger partial charge is 0.489 e. The van der Waals surface area contributed by atoms with Crippen LogP contribution >= 0.6 is 0 Å². The summed E-state index contributed by atoms with van der Waals surface area (Å²) in [5.74, 6) is -1.09. The second kappa shape index (κ2) is 7.49. The van der Waals surface area contributed by atoms with Crippen LogP contribution in [0.1, 0.15) is 11.1 Å². The van der Waals surface area contributed by atoms with Crippen LogP contribution in [0.4, 0.5) is 39.4 Å². The van der Waals surface area contributed by atoms with Gasteiger partial charge in [-0.1, -0.05) is 0 Å². The molecule has 10 heteroatoms. The highest BCUT2D eigenvalue weighted by molar-refractivity contribution is 5.64. The normalized spacial score (nSPS) is 11.3. The van der Waals surface area contributed by atoms with Crippen molar-refractivity contribution < 1.29 is 26.7 Å². The van der Waals surface area contributed by atoms with E-state index < -0.39 is 30.0 Å². The number of benzene rings is 1. The standard InChI is InChI=1S/C15H15F5N4O/c1-8-5-12(25-4-3-16)11(6-10(8)17)23-14-22-7-9(15(18,19)20)13(21-2)24-14/h5-7H,3-4H2,1-2H3,(H2,21,22,23,24). The van der Waals surface area contributed by atoms with Crippen molar-refractivity contribution in [1.29, 1.82) is 0 Å². The number of rotatable bonds is 6. The molecule has 0 atom stereocenters. The lowest BCUT2D eigenvalue weighted by molar-refractivity contribution is -0.137. The molecular formula is C15H15F5N4O. The molecule has 0 unspecified atom stereocenters. The topological polar surface area (TPSA) is 59.1 Å². The molecule has 0 saturated carbocycles. The van der Waals surface area contributed by atoms with Gasteiger partial charge < -0.3 is 15.4 Å². The first kappa shape index (κ1) is 18.7. The SMILES string of the molecule is CNc1nc(Nc2cc(F)c(C)cc2OCCF)ncc1C(F)(F)F. The van der Waals surface area contributed by atoms with Gasteiger partial charge in [0.15, 0.2) is 0 Å². The molecule has 0 spiro atoms. The maximum Gasteiger partial charge on any atom is 0.421 e. The Morgan fingerprint density at radius 2 is 1.96 bits per heavy atom. The van der Waals surface area contributed by atoms with Crippen LogP contribution in [0.15, 0.2) is 18.3 Å². The molecule has 2 rings (SSSR count). The molecule has 0 aliphatic heterocycles. The molecule has 0 amide bonds. The summed E-state index contributed by atoms with van der Waals surface area (Å²) < 4.78 is 69.8. The van der Waals surface area contributed by atoms with Gasteiger partial charge in [0, 0.05) is 19.3 Å². The molecule has 136 valence electrons. The first-order valence-electron chi connectivity index (χ1n) is 7.14.